The summed E-state index contributed by atoms with van der Waals surface area (Å²) >= 11 is 0. The molecule has 96 valence electrons. The normalized spacial score (nSPS) is 11.5. The predicted molar refractivity (Wildman–Crippen MR) is 70.3 cm³/mol. The molecular weight excluding hydrogens is 228 g/mol. The molecule has 5 heteroatoms. The number of anilines is 1. The number of carbonyl (C=O) groups excluding carboxylic acids is 1. The van der Waals surface area contributed by atoms with Crippen LogP contribution in [0.25, 0.3) is 0 Å². The summed E-state index contributed by atoms with van der Waals surface area (Å²) in [5.74, 6) is 0.634. The van der Waals surface area contributed by atoms with Crippen LogP contribution in [0.2, 0.25) is 0 Å². The molecule has 0 aliphatic rings. The van der Waals surface area contributed by atoms with E-state index in [0.717, 1.165) is 5.82 Å². The van der Waals surface area contributed by atoms with Crippen LogP contribution >= 0.6 is 0 Å². The second-order valence-corrected chi connectivity index (χ2v) is 4.52. The standard InChI is InChI=1S/C13H18N4O/c1-10(7-14)9-17(4)12-6-5-11(8-15-12)13(18)16(2)3/h5-6,8,10H,9H2,1-4H3. The maximum absolute atomic E-state index is 11.7. The molecule has 0 spiro atoms. The van der Waals surface area contributed by atoms with Crippen LogP contribution in [0.3, 0.4) is 0 Å². The van der Waals surface area contributed by atoms with Gasteiger partial charge in [-0.15, -0.1) is 0 Å². The number of hydrogen-bond donors (Lipinski definition) is 0. The third-order valence-corrected chi connectivity index (χ3v) is 2.56. The Hall–Kier alpha value is -2.09. The smallest absolute Gasteiger partial charge is 0.254 e. The number of amides is 1. The first-order valence-electron chi connectivity index (χ1n) is 5.74. The van der Waals surface area contributed by atoms with E-state index in [-0.39, 0.29) is 11.8 Å². The van der Waals surface area contributed by atoms with Crippen LogP contribution in [0, 0.1) is 17.2 Å². The molecule has 1 amide bonds. The zero-order chi connectivity index (χ0) is 13.7. The van der Waals surface area contributed by atoms with Gasteiger partial charge in [-0.1, -0.05) is 0 Å². The predicted octanol–water partition coefficient (Wildman–Crippen LogP) is 1.38. The first-order valence-corrected chi connectivity index (χ1v) is 5.74. The molecule has 0 bridgehead atoms. The van der Waals surface area contributed by atoms with Crippen molar-refractivity contribution in [3.8, 4) is 6.07 Å². The molecule has 0 saturated carbocycles. The van der Waals surface area contributed by atoms with Gasteiger partial charge in [-0.2, -0.15) is 5.26 Å². The second-order valence-electron chi connectivity index (χ2n) is 4.52. The van der Waals surface area contributed by atoms with Crippen molar-refractivity contribution in [2.75, 3.05) is 32.6 Å². The molecule has 5 nitrogen and oxygen atoms in total. The van der Waals surface area contributed by atoms with Crippen molar-refractivity contribution >= 4 is 11.7 Å². The summed E-state index contributed by atoms with van der Waals surface area (Å²) in [6.45, 7) is 2.48. The molecule has 1 aromatic heterocycles. The van der Waals surface area contributed by atoms with E-state index < -0.39 is 0 Å². The van der Waals surface area contributed by atoms with Crippen molar-refractivity contribution in [1.82, 2.24) is 9.88 Å². The third-order valence-electron chi connectivity index (χ3n) is 2.56. The molecule has 18 heavy (non-hydrogen) atoms. The molecule has 0 saturated heterocycles. The van der Waals surface area contributed by atoms with Crippen molar-refractivity contribution in [3.05, 3.63) is 23.9 Å². The second kappa shape index (κ2) is 6.01. The Balaban J connectivity index is 2.77. The van der Waals surface area contributed by atoms with Crippen LogP contribution in [0.1, 0.15) is 17.3 Å². The van der Waals surface area contributed by atoms with Crippen molar-refractivity contribution in [3.63, 3.8) is 0 Å². The van der Waals surface area contributed by atoms with E-state index in [9.17, 15) is 4.79 Å². The van der Waals surface area contributed by atoms with E-state index in [1.807, 2.05) is 18.9 Å². The summed E-state index contributed by atoms with van der Waals surface area (Å²) in [4.78, 5) is 19.3. The van der Waals surface area contributed by atoms with E-state index in [0.29, 0.717) is 12.1 Å². The topological polar surface area (TPSA) is 60.2 Å². The Bertz CT molecular complexity index is 447. The van der Waals surface area contributed by atoms with Gasteiger partial charge in [0.1, 0.15) is 5.82 Å². The van der Waals surface area contributed by atoms with Gasteiger partial charge in [0.15, 0.2) is 0 Å². The van der Waals surface area contributed by atoms with Gasteiger partial charge in [0.05, 0.1) is 17.6 Å². The maximum Gasteiger partial charge on any atom is 0.254 e. The zero-order valence-corrected chi connectivity index (χ0v) is 11.2. The van der Waals surface area contributed by atoms with Crippen LogP contribution in [0.5, 0.6) is 0 Å². The number of rotatable bonds is 4. The minimum absolute atomic E-state index is 0.0557. The lowest BCUT2D eigenvalue weighted by Gasteiger charge is -2.19. The summed E-state index contributed by atoms with van der Waals surface area (Å²) < 4.78 is 0. The van der Waals surface area contributed by atoms with Crippen LogP contribution in [0.15, 0.2) is 18.3 Å². The Morgan fingerprint density at radius 1 is 1.44 bits per heavy atom. The van der Waals surface area contributed by atoms with Gasteiger partial charge in [0.2, 0.25) is 0 Å². The first-order chi connectivity index (χ1) is 8.45. The van der Waals surface area contributed by atoms with Crippen molar-refractivity contribution in [2.45, 2.75) is 6.92 Å². The van der Waals surface area contributed by atoms with E-state index in [4.69, 9.17) is 5.26 Å². The Labute approximate surface area is 108 Å². The number of carbonyl (C=O) groups is 1. The van der Waals surface area contributed by atoms with Crippen molar-refractivity contribution < 1.29 is 4.79 Å². The molecule has 0 radical (unpaired) electrons. The lowest BCUT2D eigenvalue weighted by molar-refractivity contribution is 0.0827. The fourth-order valence-electron chi connectivity index (χ4n) is 1.54. The third kappa shape index (κ3) is 3.45. The number of nitriles is 1. The van der Waals surface area contributed by atoms with Crippen molar-refractivity contribution in [2.24, 2.45) is 5.92 Å². The minimum atomic E-state index is -0.0675. The van der Waals surface area contributed by atoms with E-state index in [1.165, 1.54) is 4.90 Å². The fraction of sp³-hybridized carbons (Fsp3) is 0.462. The first kappa shape index (κ1) is 14.0. The number of pyridine rings is 1. The number of aromatic nitrogens is 1. The largest absolute Gasteiger partial charge is 0.358 e. The molecular formula is C13H18N4O. The average molecular weight is 246 g/mol. The van der Waals surface area contributed by atoms with Crippen LogP contribution < -0.4 is 4.90 Å². The minimum Gasteiger partial charge on any atom is -0.358 e. The summed E-state index contributed by atoms with van der Waals surface area (Å²) in [6, 6.07) is 5.72. The average Bonchev–Trinajstić information content (AvgIpc) is 2.37. The zero-order valence-electron chi connectivity index (χ0n) is 11.2. The van der Waals surface area contributed by atoms with E-state index >= 15 is 0 Å². The highest BCUT2D eigenvalue weighted by Gasteiger charge is 2.10. The number of hydrogen-bond acceptors (Lipinski definition) is 4. The molecule has 1 aromatic rings. The Kier molecular flexibility index (Phi) is 4.67. The maximum atomic E-state index is 11.7. The van der Waals surface area contributed by atoms with Gasteiger partial charge in [0.25, 0.3) is 5.91 Å². The van der Waals surface area contributed by atoms with Gasteiger partial charge < -0.3 is 9.80 Å². The molecule has 1 atom stereocenters. The van der Waals surface area contributed by atoms with Gasteiger partial charge in [-0.3, -0.25) is 4.79 Å². The van der Waals surface area contributed by atoms with Crippen LogP contribution in [-0.4, -0.2) is 43.5 Å². The van der Waals surface area contributed by atoms with Crippen LogP contribution in [0.4, 0.5) is 5.82 Å². The lowest BCUT2D eigenvalue weighted by Crippen LogP contribution is -2.25. The summed E-state index contributed by atoms with van der Waals surface area (Å²) in [6.07, 6.45) is 1.56. The van der Waals surface area contributed by atoms with Gasteiger partial charge in [0, 0.05) is 33.9 Å². The Morgan fingerprint density at radius 2 is 2.11 bits per heavy atom. The van der Waals surface area contributed by atoms with Gasteiger partial charge >= 0.3 is 0 Å². The summed E-state index contributed by atoms with van der Waals surface area (Å²) in [7, 11) is 5.29. The van der Waals surface area contributed by atoms with E-state index in [1.54, 1.807) is 32.4 Å². The summed E-state index contributed by atoms with van der Waals surface area (Å²) in [5, 5.41) is 8.76. The van der Waals surface area contributed by atoms with E-state index in [2.05, 4.69) is 11.1 Å². The molecule has 0 aromatic carbocycles. The molecule has 1 unspecified atom stereocenters. The molecule has 0 fully saturated rings. The molecule has 0 aliphatic carbocycles. The monoisotopic (exact) mass is 246 g/mol. The molecule has 1 heterocycles. The SMILES string of the molecule is CC(C#N)CN(C)c1ccc(C(=O)N(C)C)cn1. The van der Waals surface area contributed by atoms with Crippen LogP contribution in [-0.2, 0) is 0 Å². The summed E-state index contributed by atoms with van der Waals surface area (Å²) in [5.41, 5.74) is 0.561. The fourth-order valence-corrected chi connectivity index (χ4v) is 1.54. The molecule has 1 rings (SSSR count). The van der Waals surface area contributed by atoms with Gasteiger partial charge in [-0.25, -0.2) is 4.98 Å². The van der Waals surface area contributed by atoms with Crippen molar-refractivity contribution in [1.29, 1.82) is 5.26 Å². The Morgan fingerprint density at radius 3 is 2.56 bits per heavy atom. The lowest BCUT2D eigenvalue weighted by atomic mass is 10.2. The number of nitrogens with zero attached hydrogens (tertiary/aromatic N) is 4. The highest BCUT2D eigenvalue weighted by atomic mass is 16.2. The van der Waals surface area contributed by atoms with Gasteiger partial charge in [-0.05, 0) is 19.1 Å². The highest BCUT2D eigenvalue weighted by Crippen LogP contribution is 2.12. The molecule has 0 aliphatic heterocycles. The molecule has 0 N–H and O–H groups in total. The quantitative estimate of drug-likeness (QED) is 0.805. The highest BCUT2D eigenvalue weighted by molar-refractivity contribution is 5.93.